The molecule has 0 aliphatic heterocycles. The molecule has 0 aliphatic carbocycles. The van der Waals surface area contributed by atoms with Crippen LogP contribution >= 0.6 is 0 Å². The van der Waals surface area contributed by atoms with Gasteiger partial charge in [-0.3, -0.25) is 24.7 Å². The van der Waals surface area contributed by atoms with Gasteiger partial charge >= 0.3 is 0 Å². The minimum Gasteiger partial charge on any atom is -0.291 e. The number of nitrogens with one attached hydrogen (secondary N) is 2. The Kier molecular flexibility index (Phi) is 2.23. The third-order valence-electron chi connectivity index (χ3n) is 2.62. The van der Waals surface area contributed by atoms with E-state index in [9.17, 15) is 4.79 Å². The lowest BCUT2D eigenvalue weighted by Crippen LogP contribution is -2.38. The van der Waals surface area contributed by atoms with Gasteiger partial charge in [-0.15, -0.1) is 0 Å². The molecule has 0 amide bonds. The van der Waals surface area contributed by atoms with Crippen LogP contribution in [0.2, 0.25) is 0 Å². The molecule has 2 aromatic rings. The molecule has 0 bridgehead atoms. The summed E-state index contributed by atoms with van der Waals surface area (Å²) in [6, 6.07) is 5.40. The summed E-state index contributed by atoms with van der Waals surface area (Å²) >= 11 is 0. The molecule has 0 aliphatic rings. The highest BCUT2D eigenvalue weighted by atomic mass is 16.1. The first-order valence-corrected chi connectivity index (χ1v) is 4.83. The monoisotopic (exact) mass is 216 g/mol. The van der Waals surface area contributed by atoms with Crippen molar-refractivity contribution in [3.05, 3.63) is 39.7 Å². The number of rotatable bonds is 1. The number of aromatic nitrogens is 2. The summed E-state index contributed by atoms with van der Waals surface area (Å²) in [6.45, 7) is 1.90. The molecule has 0 unspecified atom stereocenters. The second kappa shape index (κ2) is 3.44. The van der Waals surface area contributed by atoms with Crippen molar-refractivity contribution in [1.82, 2.24) is 9.13 Å². The van der Waals surface area contributed by atoms with Gasteiger partial charge in [0.05, 0.1) is 17.2 Å². The lowest BCUT2D eigenvalue weighted by Gasteiger charge is -2.09. The fraction of sp³-hybridized carbons (Fsp3) is 0.182. The molecule has 1 heterocycles. The van der Waals surface area contributed by atoms with E-state index in [1.807, 2.05) is 13.0 Å². The highest BCUT2D eigenvalue weighted by Gasteiger charge is 2.06. The van der Waals surface area contributed by atoms with Crippen LogP contribution in [0, 0.1) is 17.7 Å². The van der Waals surface area contributed by atoms with Crippen LogP contribution in [-0.4, -0.2) is 15.5 Å². The third kappa shape index (κ3) is 1.29. The smallest absolute Gasteiger partial charge is 0.262 e. The molecule has 1 aromatic carbocycles. The van der Waals surface area contributed by atoms with Crippen LogP contribution in [-0.2, 0) is 7.05 Å². The van der Waals surface area contributed by atoms with E-state index >= 15 is 0 Å². The van der Waals surface area contributed by atoms with Gasteiger partial charge in [0, 0.05) is 7.05 Å². The van der Waals surface area contributed by atoms with E-state index in [1.165, 1.54) is 16.2 Å². The first-order valence-electron chi connectivity index (χ1n) is 4.83. The van der Waals surface area contributed by atoms with Gasteiger partial charge in [-0.2, -0.15) is 0 Å². The molecule has 0 fully saturated rings. The van der Waals surface area contributed by atoms with E-state index in [1.54, 1.807) is 12.1 Å². The lowest BCUT2D eigenvalue weighted by atomic mass is 10.1. The van der Waals surface area contributed by atoms with Crippen molar-refractivity contribution in [2.75, 3.05) is 0 Å². The standard InChI is InChI=1S/C11H12N4O/c1-7-3-4-9-8(5-7)10(16)14(2)11(13)15(9)6-12/h3-6,12-13H,1-2H3. The Morgan fingerprint density at radius 2 is 2.06 bits per heavy atom. The van der Waals surface area contributed by atoms with Crippen molar-refractivity contribution < 1.29 is 0 Å². The molecule has 0 radical (unpaired) electrons. The highest BCUT2D eigenvalue weighted by molar-refractivity contribution is 5.83. The molecule has 2 rings (SSSR count). The molecule has 1 aromatic heterocycles. The van der Waals surface area contributed by atoms with E-state index in [0.29, 0.717) is 10.9 Å². The Morgan fingerprint density at radius 1 is 1.38 bits per heavy atom. The topological polar surface area (TPSA) is 74.6 Å². The summed E-state index contributed by atoms with van der Waals surface area (Å²) < 4.78 is 2.60. The number of hydrogen-bond donors (Lipinski definition) is 2. The summed E-state index contributed by atoms with van der Waals surface area (Å²) in [4.78, 5) is 11.9. The van der Waals surface area contributed by atoms with Crippen LogP contribution in [0.3, 0.4) is 0 Å². The lowest BCUT2D eigenvalue weighted by molar-refractivity contribution is 0.724. The van der Waals surface area contributed by atoms with Crippen molar-refractivity contribution in [1.29, 1.82) is 10.8 Å². The quantitative estimate of drug-likeness (QED) is 0.531. The average molecular weight is 216 g/mol. The van der Waals surface area contributed by atoms with Gasteiger partial charge in [0.2, 0.25) is 5.62 Å². The maximum atomic E-state index is 11.9. The molecule has 0 spiro atoms. The van der Waals surface area contributed by atoms with Crippen LogP contribution in [0.5, 0.6) is 0 Å². The van der Waals surface area contributed by atoms with E-state index in [2.05, 4.69) is 0 Å². The molecule has 82 valence electrons. The average Bonchev–Trinajstić information content (AvgIpc) is 2.28. The maximum Gasteiger partial charge on any atom is 0.262 e. The first kappa shape index (κ1) is 10.4. The number of hydrogen-bond acceptors (Lipinski definition) is 3. The zero-order valence-corrected chi connectivity index (χ0v) is 9.11. The Labute approximate surface area is 91.6 Å². The van der Waals surface area contributed by atoms with Crippen molar-refractivity contribution in [3.8, 4) is 0 Å². The molecule has 5 heteroatoms. The largest absolute Gasteiger partial charge is 0.291 e. The molecule has 2 N–H and O–H groups in total. The second-order valence-electron chi connectivity index (χ2n) is 3.71. The van der Waals surface area contributed by atoms with Gasteiger partial charge < -0.3 is 0 Å². The van der Waals surface area contributed by atoms with Crippen LogP contribution in [0.15, 0.2) is 23.0 Å². The van der Waals surface area contributed by atoms with Crippen molar-refractivity contribution in [2.45, 2.75) is 6.92 Å². The van der Waals surface area contributed by atoms with Crippen LogP contribution in [0.4, 0.5) is 0 Å². The van der Waals surface area contributed by atoms with Gasteiger partial charge in [0.15, 0.2) is 0 Å². The van der Waals surface area contributed by atoms with Crippen LogP contribution in [0.25, 0.3) is 10.9 Å². The summed E-state index contributed by atoms with van der Waals surface area (Å²) in [5.41, 5.74) is 1.37. The van der Waals surface area contributed by atoms with E-state index < -0.39 is 0 Å². The number of fused-ring (bicyclic) bond motifs is 1. The van der Waals surface area contributed by atoms with E-state index in [0.717, 1.165) is 11.9 Å². The van der Waals surface area contributed by atoms with Crippen LogP contribution < -0.4 is 11.2 Å². The number of benzene rings is 1. The molecular formula is C11H12N4O. The predicted octanol–water partition coefficient (Wildman–Crippen LogP) is 0.583. The zero-order chi connectivity index (χ0) is 11.9. The predicted molar refractivity (Wildman–Crippen MR) is 62.0 cm³/mol. The summed E-state index contributed by atoms with van der Waals surface area (Å²) in [5.74, 6) is 0. The SMILES string of the molecule is Cc1ccc2c(c1)c(=O)n(C)c(=N)n2C=N. The minimum atomic E-state index is -0.207. The number of nitrogens with zero attached hydrogens (tertiary/aromatic N) is 2. The van der Waals surface area contributed by atoms with E-state index in [-0.39, 0.29) is 11.2 Å². The maximum absolute atomic E-state index is 11.9. The van der Waals surface area contributed by atoms with Crippen LogP contribution in [0.1, 0.15) is 5.56 Å². The van der Waals surface area contributed by atoms with Crippen molar-refractivity contribution >= 4 is 17.2 Å². The van der Waals surface area contributed by atoms with Gasteiger partial charge in [-0.1, -0.05) is 11.6 Å². The fourth-order valence-electron chi connectivity index (χ4n) is 1.71. The molecule has 0 atom stereocenters. The van der Waals surface area contributed by atoms with E-state index in [4.69, 9.17) is 10.8 Å². The highest BCUT2D eigenvalue weighted by Crippen LogP contribution is 2.09. The van der Waals surface area contributed by atoms with Gasteiger partial charge in [0.1, 0.15) is 0 Å². The number of aryl methyl sites for hydroxylation is 1. The zero-order valence-electron chi connectivity index (χ0n) is 9.11. The molecule has 5 nitrogen and oxygen atoms in total. The molecular weight excluding hydrogens is 204 g/mol. The van der Waals surface area contributed by atoms with Gasteiger partial charge in [-0.05, 0) is 19.1 Å². The Balaban J connectivity index is 3.16. The van der Waals surface area contributed by atoms with Crippen molar-refractivity contribution in [2.24, 2.45) is 7.05 Å². The Hall–Kier alpha value is -2.17. The fourth-order valence-corrected chi connectivity index (χ4v) is 1.71. The summed E-state index contributed by atoms with van der Waals surface area (Å²) in [7, 11) is 1.53. The van der Waals surface area contributed by atoms with Crippen molar-refractivity contribution in [3.63, 3.8) is 0 Å². The Morgan fingerprint density at radius 3 is 2.69 bits per heavy atom. The molecule has 0 saturated heterocycles. The summed E-state index contributed by atoms with van der Waals surface area (Å²) in [5, 5.41) is 15.6. The molecule has 16 heavy (non-hydrogen) atoms. The summed E-state index contributed by atoms with van der Waals surface area (Å²) in [6.07, 6.45) is 1.04. The van der Waals surface area contributed by atoms with Gasteiger partial charge in [-0.25, -0.2) is 0 Å². The minimum absolute atomic E-state index is 0.00338. The third-order valence-corrected chi connectivity index (χ3v) is 2.62. The normalized spacial score (nSPS) is 10.6. The second-order valence-corrected chi connectivity index (χ2v) is 3.71. The Bertz CT molecular complexity index is 693. The van der Waals surface area contributed by atoms with Gasteiger partial charge in [0.25, 0.3) is 5.56 Å². The molecule has 0 saturated carbocycles. The first-order chi connectivity index (χ1) is 7.56.